The number of hydrogen-bond donors (Lipinski definition) is 1. The summed E-state index contributed by atoms with van der Waals surface area (Å²) in [7, 11) is 0. The highest BCUT2D eigenvalue weighted by molar-refractivity contribution is 5.98. The summed E-state index contributed by atoms with van der Waals surface area (Å²) in [5.74, 6) is -0.496. The normalized spacial score (nSPS) is 9.68. The number of anilines is 1. The third-order valence-electron chi connectivity index (χ3n) is 2.49. The van der Waals surface area contributed by atoms with Gasteiger partial charge in [0, 0.05) is 13.1 Å². The Hall–Kier alpha value is -2.69. The van der Waals surface area contributed by atoms with Crippen molar-refractivity contribution in [2.45, 2.75) is 13.3 Å². The monoisotopic (exact) mass is 263 g/mol. The Balaban J connectivity index is 3.13. The molecule has 0 aliphatic rings. The van der Waals surface area contributed by atoms with Crippen LogP contribution in [0.1, 0.15) is 23.7 Å². The van der Waals surface area contributed by atoms with Crippen molar-refractivity contribution < 1.29 is 9.72 Å². The van der Waals surface area contributed by atoms with E-state index in [-0.39, 0.29) is 24.3 Å². The number of hydrogen-bond acceptors (Lipinski definition) is 6. The SMILES string of the molecule is CCN(CCC#N)C(=O)c1cc(N)ncc1[N+](=O)[O-]. The minimum Gasteiger partial charge on any atom is -0.384 e. The van der Waals surface area contributed by atoms with Crippen LogP contribution in [-0.2, 0) is 0 Å². The van der Waals surface area contributed by atoms with E-state index in [1.807, 2.05) is 6.07 Å². The molecule has 8 heteroatoms. The van der Waals surface area contributed by atoms with E-state index in [0.717, 1.165) is 6.20 Å². The zero-order valence-electron chi connectivity index (χ0n) is 10.4. The fourth-order valence-electron chi connectivity index (χ4n) is 1.54. The number of aromatic nitrogens is 1. The maximum absolute atomic E-state index is 12.2. The Kier molecular flexibility index (Phi) is 4.76. The highest BCUT2D eigenvalue weighted by Crippen LogP contribution is 2.20. The number of carbonyl (C=O) groups excluding carboxylic acids is 1. The van der Waals surface area contributed by atoms with E-state index in [1.165, 1.54) is 11.0 Å². The van der Waals surface area contributed by atoms with Crippen LogP contribution in [0.3, 0.4) is 0 Å². The fraction of sp³-hybridized carbons (Fsp3) is 0.364. The standard InChI is InChI=1S/C11H13N5O3/c1-2-15(5-3-4-12)11(17)8-6-10(13)14-7-9(8)16(18)19/h6-7H,2-3,5H2,1H3,(H2,13,14). The van der Waals surface area contributed by atoms with Crippen LogP contribution < -0.4 is 5.73 Å². The Labute approximate surface area is 109 Å². The lowest BCUT2D eigenvalue weighted by atomic mass is 10.2. The topological polar surface area (TPSA) is 126 Å². The van der Waals surface area contributed by atoms with Gasteiger partial charge in [-0.1, -0.05) is 0 Å². The Bertz CT molecular complexity index is 538. The minimum atomic E-state index is -0.683. The van der Waals surface area contributed by atoms with Crippen LogP contribution in [-0.4, -0.2) is 33.8 Å². The van der Waals surface area contributed by atoms with Gasteiger partial charge >= 0.3 is 0 Å². The van der Waals surface area contributed by atoms with Crippen molar-refractivity contribution in [2.24, 2.45) is 0 Å². The van der Waals surface area contributed by atoms with Gasteiger partial charge in [-0.05, 0) is 13.0 Å². The molecule has 1 rings (SSSR count). The summed E-state index contributed by atoms with van der Waals surface area (Å²) >= 11 is 0. The number of amides is 1. The quantitative estimate of drug-likeness (QED) is 0.622. The Morgan fingerprint density at radius 3 is 2.89 bits per heavy atom. The largest absolute Gasteiger partial charge is 0.384 e. The fourth-order valence-corrected chi connectivity index (χ4v) is 1.54. The van der Waals surface area contributed by atoms with Crippen molar-refractivity contribution in [1.29, 1.82) is 5.26 Å². The van der Waals surface area contributed by atoms with E-state index in [2.05, 4.69) is 4.98 Å². The third-order valence-corrected chi connectivity index (χ3v) is 2.49. The van der Waals surface area contributed by atoms with Gasteiger partial charge in [0.1, 0.15) is 17.6 Å². The zero-order valence-corrected chi connectivity index (χ0v) is 10.4. The Morgan fingerprint density at radius 1 is 1.68 bits per heavy atom. The smallest absolute Gasteiger partial charge is 0.300 e. The molecular formula is C11H13N5O3. The molecule has 2 N–H and O–H groups in total. The summed E-state index contributed by atoms with van der Waals surface area (Å²) < 4.78 is 0. The van der Waals surface area contributed by atoms with Gasteiger partial charge < -0.3 is 10.6 Å². The van der Waals surface area contributed by atoms with Crippen LogP contribution in [0.5, 0.6) is 0 Å². The molecule has 0 spiro atoms. The van der Waals surface area contributed by atoms with Crippen LogP contribution in [0.15, 0.2) is 12.3 Å². The molecule has 0 aliphatic carbocycles. The molecule has 8 nitrogen and oxygen atoms in total. The number of pyridine rings is 1. The van der Waals surface area contributed by atoms with Crippen molar-refractivity contribution >= 4 is 17.4 Å². The van der Waals surface area contributed by atoms with Crippen molar-refractivity contribution in [3.05, 3.63) is 27.9 Å². The molecule has 1 aromatic heterocycles. The minimum absolute atomic E-state index is 0.0327. The zero-order chi connectivity index (χ0) is 14.4. The first-order valence-corrected chi connectivity index (χ1v) is 5.57. The van der Waals surface area contributed by atoms with Crippen molar-refractivity contribution in [2.75, 3.05) is 18.8 Å². The molecule has 19 heavy (non-hydrogen) atoms. The third kappa shape index (κ3) is 3.38. The summed E-state index contributed by atoms with van der Waals surface area (Å²) in [5, 5.41) is 19.4. The predicted octanol–water partition coefficient (Wildman–Crippen LogP) is 0.948. The number of nitriles is 1. The van der Waals surface area contributed by atoms with Gasteiger partial charge in [0.05, 0.1) is 17.4 Å². The molecule has 0 saturated carbocycles. The van der Waals surface area contributed by atoms with Crippen LogP contribution >= 0.6 is 0 Å². The summed E-state index contributed by atoms with van der Waals surface area (Å²) in [6.07, 6.45) is 1.12. The second-order valence-corrected chi connectivity index (χ2v) is 3.68. The lowest BCUT2D eigenvalue weighted by Gasteiger charge is -2.19. The second-order valence-electron chi connectivity index (χ2n) is 3.68. The first kappa shape index (κ1) is 14.4. The van der Waals surface area contributed by atoms with E-state index in [0.29, 0.717) is 6.54 Å². The Morgan fingerprint density at radius 2 is 2.37 bits per heavy atom. The first-order valence-electron chi connectivity index (χ1n) is 5.57. The average Bonchev–Trinajstić information content (AvgIpc) is 2.38. The molecule has 1 heterocycles. The molecule has 100 valence electrons. The average molecular weight is 263 g/mol. The molecule has 0 bridgehead atoms. The maximum Gasteiger partial charge on any atom is 0.300 e. The number of carbonyl (C=O) groups is 1. The van der Waals surface area contributed by atoms with E-state index < -0.39 is 16.5 Å². The molecule has 0 atom stereocenters. The van der Waals surface area contributed by atoms with E-state index >= 15 is 0 Å². The second kappa shape index (κ2) is 6.30. The molecule has 0 unspecified atom stereocenters. The highest BCUT2D eigenvalue weighted by atomic mass is 16.6. The van der Waals surface area contributed by atoms with Crippen LogP contribution in [0.25, 0.3) is 0 Å². The lowest BCUT2D eigenvalue weighted by Crippen LogP contribution is -2.32. The van der Waals surface area contributed by atoms with E-state index in [1.54, 1.807) is 6.92 Å². The molecule has 1 aromatic rings. The van der Waals surface area contributed by atoms with Crippen molar-refractivity contribution in [3.63, 3.8) is 0 Å². The molecule has 0 saturated heterocycles. The van der Waals surface area contributed by atoms with E-state index in [4.69, 9.17) is 11.0 Å². The number of nitro groups is 1. The van der Waals surface area contributed by atoms with Gasteiger partial charge in [-0.3, -0.25) is 14.9 Å². The molecular weight excluding hydrogens is 250 g/mol. The molecule has 0 aliphatic heterocycles. The van der Waals surface area contributed by atoms with Crippen LogP contribution in [0.4, 0.5) is 11.5 Å². The summed E-state index contributed by atoms with van der Waals surface area (Å²) in [6, 6.07) is 3.10. The number of rotatable bonds is 5. The van der Waals surface area contributed by atoms with Crippen molar-refractivity contribution in [3.8, 4) is 6.07 Å². The molecule has 0 fully saturated rings. The van der Waals surface area contributed by atoms with Gasteiger partial charge in [-0.25, -0.2) is 4.98 Å². The number of nitrogens with zero attached hydrogens (tertiary/aromatic N) is 4. The summed E-state index contributed by atoms with van der Waals surface area (Å²) in [5.41, 5.74) is 4.94. The van der Waals surface area contributed by atoms with Gasteiger partial charge in [0.25, 0.3) is 11.6 Å². The highest BCUT2D eigenvalue weighted by Gasteiger charge is 2.24. The summed E-state index contributed by atoms with van der Waals surface area (Å²) in [4.78, 5) is 27.3. The van der Waals surface area contributed by atoms with Gasteiger partial charge in [-0.2, -0.15) is 5.26 Å². The molecule has 0 aromatic carbocycles. The molecule has 1 amide bonds. The lowest BCUT2D eigenvalue weighted by molar-refractivity contribution is -0.385. The van der Waals surface area contributed by atoms with Gasteiger partial charge in [0.15, 0.2) is 0 Å². The van der Waals surface area contributed by atoms with E-state index in [9.17, 15) is 14.9 Å². The van der Waals surface area contributed by atoms with Crippen LogP contribution in [0.2, 0.25) is 0 Å². The predicted molar refractivity (Wildman–Crippen MR) is 67.1 cm³/mol. The number of nitrogens with two attached hydrogens (primary N) is 1. The van der Waals surface area contributed by atoms with Crippen LogP contribution in [0, 0.1) is 21.4 Å². The maximum atomic E-state index is 12.2. The first-order chi connectivity index (χ1) is 9.01. The number of nitrogen functional groups attached to an aromatic ring is 1. The molecule has 0 radical (unpaired) electrons. The summed E-state index contributed by atoms with van der Waals surface area (Å²) in [6.45, 7) is 2.29. The van der Waals surface area contributed by atoms with Gasteiger partial charge in [-0.15, -0.1) is 0 Å². The van der Waals surface area contributed by atoms with Crippen molar-refractivity contribution in [1.82, 2.24) is 9.88 Å². The van der Waals surface area contributed by atoms with Gasteiger partial charge in [0.2, 0.25) is 0 Å².